The number of rotatable bonds is 3. The number of methoxy groups -OCH3 is 1. The van der Waals surface area contributed by atoms with Crippen LogP contribution in [-0.4, -0.2) is 35.9 Å². The van der Waals surface area contributed by atoms with Crippen molar-refractivity contribution in [3.63, 3.8) is 0 Å². The minimum absolute atomic E-state index is 0.252. The van der Waals surface area contributed by atoms with Gasteiger partial charge in [0.05, 0.1) is 12.7 Å². The highest BCUT2D eigenvalue weighted by atomic mass is 32.2. The standard InChI is InChI=1S/C7H14O2S/c1-9-5-6(8)7-3-2-4-10-7/h6-8H,2-5H2,1H3. The average Bonchev–Trinajstić information content (AvgIpc) is 2.38. The molecule has 1 saturated heterocycles. The molecule has 1 rings (SSSR count). The highest BCUT2D eigenvalue weighted by molar-refractivity contribution is 8.00. The van der Waals surface area contributed by atoms with Crippen molar-refractivity contribution >= 4 is 11.8 Å². The minimum atomic E-state index is -0.252. The summed E-state index contributed by atoms with van der Waals surface area (Å²) in [7, 11) is 1.63. The van der Waals surface area contributed by atoms with Crippen LogP contribution in [0.3, 0.4) is 0 Å². The van der Waals surface area contributed by atoms with Crippen molar-refractivity contribution in [3.05, 3.63) is 0 Å². The lowest BCUT2D eigenvalue weighted by atomic mass is 10.2. The van der Waals surface area contributed by atoms with Gasteiger partial charge in [-0.3, -0.25) is 0 Å². The third-order valence-electron chi connectivity index (χ3n) is 1.73. The first-order chi connectivity index (χ1) is 4.84. The van der Waals surface area contributed by atoms with Crippen LogP contribution in [0.5, 0.6) is 0 Å². The molecule has 1 aliphatic rings. The summed E-state index contributed by atoms with van der Waals surface area (Å²) in [5.74, 6) is 1.20. The highest BCUT2D eigenvalue weighted by Crippen LogP contribution is 2.28. The van der Waals surface area contributed by atoms with Gasteiger partial charge in [0.1, 0.15) is 0 Å². The molecule has 0 radical (unpaired) electrons. The quantitative estimate of drug-likeness (QED) is 0.668. The Morgan fingerprint density at radius 2 is 2.60 bits per heavy atom. The van der Waals surface area contributed by atoms with Gasteiger partial charge in [-0.1, -0.05) is 0 Å². The van der Waals surface area contributed by atoms with E-state index < -0.39 is 0 Å². The first-order valence-electron chi connectivity index (χ1n) is 3.63. The zero-order valence-electron chi connectivity index (χ0n) is 6.25. The lowest BCUT2D eigenvalue weighted by molar-refractivity contribution is 0.0629. The smallest absolute Gasteiger partial charge is 0.0891 e. The minimum Gasteiger partial charge on any atom is -0.390 e. The zero-order chi connectivity index (χ0) is 7.40. The average molecular weight is 162 g/mol. The van der Waals surface area contributed by atoms with E-state index in [1.165, 1.54) is 12.2 Å². The molecule has 1 N–H and O–H groups in total. The molecule has 0 saturated carbocycles. The largest absolute Gasteiger partial charge is 0.390 e. The molecule has 1 heterocycles. The van der Waals surface area contributed by atoms with E-state index in [0.29, 0.717) is 11.9 Å². The summed E-state index contributed by atoms with van der Waals surface area (Å²) in [6.45, 7) is 0.484. The third-order valence-corrected chi connectivity index (χ3v) is 3.23. The molecule has 0 spiro atoms. The van der Waals surface area contributed by atoms with Crippen LogP contribution in [0.2, 0.25) is 0 Å². The molecule has 3 heteroatoms. The normalized spacial score (nSPS) is 28.8. The van der Waals surface area contributed by atoms with Gasteiger partial charge in [-0.2, -0.15) is 11.8 Å². The number of aliphatic hydroxyl groups is 1. The van der Waals surface area contributed by atoms with Crippen molar-refractivity contribution in [2.24, 2.45) is 0 Å². The second kappa shape index (κ2) is 4.21. The number of hydrogen-bond donors (Lipinski definition) is 1. The Balaban J connectivity index is 2.18. The van der Waals surface area contributed by atoms with Crippen LogP contribution < -0.4 is 0 Å². The first-order valence-corrected chi connectivity index (χ1v) is 4.68. The van der Waals surface area contributed by atoms with Gasteiger partial charge in [-0.25, -0.2) is 0 Å². The molecule has 10 heavy (non-hydrogen) atoms. The molecule has 60 valence electrons. The number of ether oxygens (including phenoxy) is 1. The Morgan fingerprint density at radius 3 is 3.10 bits per heavy atom. The Hall–Kier alpha value is 0.270. The molecule has 0 amide bonds. The van der Waals surface area contributed by atoms with Crippen LogP contribution in [0.4, 0.5) is 0 Å². The van der Waals surface area contributed by atoms with Crippen LogP contribution >= 0.6 is 11.8 Å². The fourth-order valence-corrected chi connectivity index (χ4v) is 2.45. The summed E-state index contributed by atoms with van der Waals surface area (Å²) < 4.78 is 4.85. The molecule has 1 aliphatic heterocycles. The summed E-state index contributed by atoms with van der Waals surface area (Å²) in [5, 5.41) is 9.83. The van der Waals surface area contributed by atoms with E-state index in [-0.39, 0.29) is 6.10 Å². The molecule has 2 atom stereocenters. The van der Waals surface area contributed by atoms with Crippen LogP contribution in [0, 0.1) is 0 Å². The highest BCUT2D eigenvalue weighted by Gasteiger charge is 2.23. The maximum atomic E-state index is 9.40. The monoisotopic (exact) mass is 162 g/mol. The fourth-order valence-electron chi connectivity index (χ4n) is 1.18. The second-order valence-electron chi connectivity index (χ2n) is 2.57. The summed E-state index contributed by atoms with van der Waals surface area (Å²) >= 11 is 1.86. The topological polar surface area (TPSA) is 29.5 Å². The first kappa shape index (κ1) is 8.37. The van der Waals surface area contributed by atoms with Crippen molar-refractivity contribution < 1.29 is 9.84 Å². The molecule has 0 aromatic rings. The molecule has 1 fully saturated rings. The molecule has 0 aliphatic carbocycles. The Labute approximate surface area is 66.0 Å². The number of aliphatic hydroxyl groups excluding tert-OH is 1. The summed E-state index contributed by atoms with van der Waals surface area (Å²) in [4.78, 5) is 0. The van der Waals surface area contributed by atoms with Crippen LogP contribution in [0.1, 0.15) is 12.8 Å². The fraction of sp³-hybridized carbons (Fsp3) is 1.00. The molecular weight excluding hydrogens is 148 g/mol. The zero-order valence-corrected chi connectivity index (χ0v) is 7.06. The van der Waals surface area contributed by atoms with E-state index in [0.717, 1.165) is 6.42 Å². The lowest BCUT2D eigenvalue weighted by Crippen LogP contribution is -2.25. The van der Waals surface area contributed by atoms with Crippen molar-refractivity contribution in [3.8, 4) is 0 Å². The Bertz CT molecular complexity index is 91.6. The van der Waals surface area contributed by atoms with Gasteiger partial charge in [0.2, 0.25) is 0 Å². The molecule has 0 bridgehead atoms. The van der Waals surface area contributed by atoms with Crippen molar-refractivity contribution in [2.45, 2.75) is 24.2 Å². The molecular formula is C7H14O2S. The van der Waals surface area contributed by atoms with Gasteiger partial charge < -0.3 is 9.84 Å². The number of hydrogen-bond acceptors (Lipinski definition) is 3. The predicted octanol–water partition coefficient (Wildman–Crippen LogP) is 0.889. The maximum absolute atomic E-state index is 9.40. The van der Waals surface area contributed by atoms with Gasteiger partial charge in [0.15, 0.2) is 0 Å². The SMILES string of the molecule is COCC(O)C1CCCS1. The van der Waals surface area contributed by atoms with Crippen LogP contribution in [0.15, 0.2) is 0 Å². The molecule has 2 nitrogen and oxygen atoms in total. The van der Waals surface area contributed by atoms with E-state index in [4.69, 9.17) is 4.74 Å². The van der Waals surface area contributed by atoms with Crippen LogP contribution in [-0.2, 0) is 4.74 Å². The summed E-state index contributed by atoms with van der Waals surface area (Å²) in [6, 6.07) is 0. The van der Waals surface area contributed by atoms with Gasteiger partial charge in [0.25, 0.3) is 0 Å². The lowest BCUT2D eigenvalue weighted by Gasteiger charge is -2.15. The van der Waals surface area contributed by atoms with Crippen LogP contribution in [0.25, 0.3) is 0 Å². The second-order valence-corrected chi connectivity index (χ2v) is 3.92. The van der Waals surface area contributed by atoms with Gasteiger partial charge in [0, 0.05) is 12.4 Å². The van der Waals surface area contributed by atoms with Crippen molar-refractivity contribution in [2.75, 3.05) is 19.5 Å². The third kappa shape index (κ3) is 2.15. The summed E-state index contributed by atoms with van der Waals surface area (Å²) in [6.07, 6.45) is 2.14. The van der Waals surface area contributed by atoms with Crippen molar-refractivity contribution in [1.82, 2.24) is 0 Å². The van der Waals surface area contributed by atoms with Crippen molar-refractivity contribution in [1.29, 1.82) is 0 Å². The van der Waals surface area contributed by atoms with Gasteiger partial charge in [-0.15, -0.1) is 0 Å². The van der Waals surface area contributed by atoms with Gasteiger partial charge in [-0.05, 0) is 18.6 Å². The van der Waals surface area contributed by atoms with E-state index in [9.17, 15) is 5.11 Å². The summed E-state index contributed by atoms with van der Waals surface area (Å²) in [5.41, 5.74) is 0. The predicted molar refractivity (Wildman–Crippen MR) is 43.4 cm³/mol. The number of thioether (sulfide) groups is 1. The molecule has 2 unspecified atom stereocenters. The Morgan fingerprint density at radius 1 is 1.80 bits per heavy atom. The maximum Gasteiger partial charge on any atom is 0.0891 e. The molecule has 0 aromatic heterocycles. The molecule has 0 aromatic carbocycles. The van der Waals surface area contributed by atoms with E-state index in [1.807, 2.05) is 11.8 Å². The Kier molecular flexibility index (Phi) is 3.52. The van der Waals surface area contributed by atoms with Gasteiger partial charge >= 0.3 is 0 Å². The van der Waals surface area contributed by atoms with E-state index in [1.54, 1.807) is 7.11 Å². The van der Waals surface area contributed by atoms with E-state index in [2.05, 4.69) is 0 Å². The van der Waals surface area contributed by atoms with E-state index >= 15 is 0 Å².